The van der Waals surface area contributed by atoms with Crippen LogP contribution in [0.15, 0.2) is 12.4 Å². The maximum Gasteiger partial charge on any atom is 0.132 e. The van der Waals surface area contributed by atoms with Crippen molar-refractivity contribution in [3.63, 3.8) is 0 Å². The Balaban J connectivity index is 2.18. The number of aliphatic hydroxyl groups excluding tert-OH is 1. The molecule has 0 amide bonds. The van der Waals surface area contributed by atoms with Crippen molar-refractivity contribution in [3.05, 3.63) is 18.1 Å². The quantitative estimate of drug-likeness (QED) is 0.721. The molecule has 70 valence electrons. The van der Waals surface area contributed by atoms with Gasteiger partial charge in [0.25, 0.3) is 0 Å². The maximum absolute atomic E-state index is 8.90. The average Bonchev–Trinajstić information content (AvgIpc) is 2.71. The third-order valence-corrected chi connectivity index (χ3v) is 2.30. The number of anilines is 1. The van der Waals surface area contributed by atoms with E-state index in [-0.39, 0.29) is 6.61 Å². The Bertz CT molecular complexity index is 284. The van der Waals surface area contributed by atoms with Crippen LogP contribution in [-0.2, 0) is 6.61 Å². The van der Waals surface area contributed by atoms with Gasteiger partial charge in [-0.2, -0.15) is 0 Å². The molecule has 1 aliphatic heterocycles. The zero-order valence-corrected chi connectivity index (χ0v) is 7.48. The number of aromatic nitrogens is 2. The molecule has 0 saturated carbocycles. The van der Waals surface area contributed by atoms with Crippen LogP contribution in [0.1, 0.15) is 18.5 Å². The van der Waals surface area contributed by atoms with Gasteiger partial charge >= 0.3 is 0 Å². The highest BCUT2D eigenvalue weighted by Crippen LogP contribution is 2.17. The van der Waals surface area contributed by atoms with Crippen LogP contribution >= 0.6 is 0 Å². The van der Waals surface area contributed by atoms with Crippen LogP contribution in [-0.4, -0.2) is 28.2 Å². The summed E-state index contributed by atoms with van der Waals surface area (Å²) >= 11 is 0. The monoisotopic (exact) mass is 179 g/mol. The molecule has 2 heterocycles. The van der Waals surface area contributed by atoms with Gasteiger partial charge in [0.2, 0.25) is 0 Å². The molecule has 1 fully saturated rings. The fourth-order valence-corrected chi connectivity index (χ4v) is 1.59. The van der Waals surface area contributed by atoms with Crippen LogP contribution in [0.2, 0.25) is 0 Å². The van der Waals surface area contributed by atoms with E-state index < -0.39 is 0 Å². The van der Waals surface area contributed by atoms with Crippen molar-refractivity contribution < 1.29 is 5.11 Å². The van der Waals surface area contributed by atoms with Gasteiger partial charge in [0, 0.05) is 19.2 Å². The van der Waals surface area contributed by atoms with E-state index in [4.69, 9.17) is 5.11 Å². The fraction of sp³-hybridized carbons (Fsp3) is 0.556. The molecule has 2 rings (SSSR count). The lowest BCUT2D eigenvalue weighted by atomic mass is 10.4. The highest BCUT2D eigenvalue weighted by Gasteiger charge is 2.13. The summed E-state index contributed by atoms with van der Waals surface area (Å²) < 4.78 is 0. The lowest BCUT2D eigenvalue weighted by Crippen LogP contribution is -2.19. The van der Waals surface area contributed by atoms with Crippen LogP contribution < -0.4 is 4.90 Å². The molecule has 0 atom stereocenters. The Kier molecular flexibility index (Phi) is 2.40. The molecule has 0 radical (unpaired) electrons. The molecule has 1 aliphatic rings. The summed E-state index contributed by atoms with van der Waals surface area (Å²) in [5.74, 6) is 0.941. The Labute approximate surface area is 77.2 Å². The first-order valence-corrected chi connectivity index (χ1v) is 4.57. The van der Waals surface area contributed by atoms with Crippen molar-refractivity contribution >= 4 is 5.82 Å². The Morgan fingerprint density at radius 3 is 2.77 bits per heavy atom. The van der Waals surface area contributed by atoms with Gasteiger partial charge in [-0.25, -0.2) is 9.97 Å². The molecule has 1 N–H and O–H groups in total. The van der Waals surface area contributed by atoms with Crippen LogP contribution in [0.3, 0.4) is 0 Å². The summed E-state index contributed by atoms with van der Waals surface area (Å²) in [6.07, 6.45) is 3.98. The number of aliphatic hydroxyl groups is 1. The van der Waals surface area contributed by atoms with E-state index in [1.807, 2.05) is 6.07 Å². The Morgan fingerprint density at radius 2 is 2.08 bits per heavy atom. The smallest absolute Gasteiger partial charge is 0.132 e. The number of nitrogens with zero attached hydrogens (tertiary/aromatic N) is 3. The molecule has 1 saturated heterocycles. The van der Waals surface area contributed by atoms with E-state index in [1.54, 1.807) is 0 Å². The first-order valence-electron chi connectivity index (χ1n) is 4.57. The summed E-state index contributed by atoms with van der Waals surface area (Å²) in [6.45, 7) is 2.13. The third kappa shape index (κ3) is 1.78. The van der Waals surface area contributed by atoms with Crippen molar-refractivity contribution in [2.45, 2.75) is 19.4 Å². The topological polar surface area (TPSA) is 49.2 Å². The second kappa shape index (κ2) is 3.70. The highest BCUT2D eigenvalue weighted by molar-refractivity contribution is 5.39. The van der Waals surface area contributed by atoms with Gasteiger partial charge in [0.05, 0.1) is 12.3 Å². The van der Waals surface area contributed by atoms with Crippen molar-refractivity contribution in [2.75, 3.05) is 18.0 Å². The molecule has 4 heteroatoms. The number of rotatable bonds is 2. The van der Waals surface area contributed by atoms with Crippen LogP contribution in [0.5, 0.6) is 0 Å². The van der Waals surface area contributed by atoms with Crippen molar-refractivity contribution in [3.8, 4) is 0 Å². The molecule has 1 aromatic heterocycles. The minimum absolute atomic E-state index is 0.0106. The molecule has 0 aliphatic carbocycles. The molecular weight excluding hydrogens is 166 g/mol. The third-order valence-electron chi connectivity index (χ3n) is 2.30. The standard InChI is InChI=1S/C9H13N3O/c13-6-8-5-9(11-7-10-8)12-3-1-2-4-12/h5,7,13H,1-4,6H2. The minimum Gasteiger partial charge on any atom is -0.390 e. The molecule has 0 aromatic carbocycles. The number of hydrogen-bond donors (Lipinski definition) is 1. The van der Waals surface area contributed by atoms with E-state index >= 15 is 0 Å². The van der Waals surface area contributed by atoms with Gasteiger partial charge in [-0.15, -0.1) is 0 Å². The lowest BCUT2D eigenvalue weighted by molar-refractivity contribution is 0.276. The van der Waals surface area contributed by atoms with E-state index in [0.717, 1.165) is 18.9 Å². The van der Waals surface area contributed by atoms with Crippen molar-refractivity contribution in [2.24, 2.45) is 0 Å². The van der Waals surface area contributed by atoms with Crippen molar-refractivity contribution in [1.29, 1.82) is 0 Å². The van der Waals surface area contributed by atoms with E-state index in [9.17, 15) is 0 Å². The van der Waals surface area contributed by atoms with E-state index in [2.05, 4.69) is 14.9 Å². The van der Waals surface area contributed by atoms with Gasteiger partial charge in [0.15, 0.2) is 0 Å². The predicted molar refractivity (Wildman–Crippen MR) is 49.4 cm³/mol. The minimum atomic E-state index is -0.0106. The predicted octanol–water partition coefficient (Wildman–Crippen LogP) is 0.569. The molecule has 0 unspecified atom stereocenters. The van der Waals surface area contributed by atoms with Crippen LogP contribution in [0.25, 0.3) is 0 Å². The summed E-state index contributed by atoms with van der Waals surface area (Å²) in [5, 5.41) is 8.90. The average molecular weight is 179 g/mol. The first kappa shape index (κ1) is 8.44. The van der Waals surface area contributed by atoms with Gasteiger partial charge in [-0.1, -0.05) is 0 Å². The highest BCUT2D eigenvalue weighted by atomic mass is 16.3. The van der Waals surface area contributed by atoms with Crippen LogP contribution in [0, 0.1) is 0 Å². The van der Waals surface area contributed by atoms with Crippen LogP contribution in [0.4, 0.5) is 5.82 Å². The second-order valence-corrected chi connectivity index (χ2v) is 3.22. The normalized spacial score (nSPS) is 16.5. The molecule has 4 nitrogen and oxygen atoms in total. The van der Waals surface area contributed by atoms with E-state index in [1.165, 1.54) is 19.2 Å². The largest absolute Gasteiger partial charge is 0.390 e. The lowest BCUT2D eigenvalue weighted by Gasteiger charge is -2.15. The summed E-state index contributed by atoms with van der Waals surface area (Å²) in [5.41, 5.74) is 0.692. The summed E-state index contributed by atoms with van der Waals surface area (Å²) in [6, 6.07) is 1.85. The summed E-state index contributed by atoms with van der Waals surface area (Å²) in [7, 11) is 0. The van der Waals surface area contributed by atoms with Crippen molar-refractivity contribution in [1.82, 2.24) is 9.97 Å². The number of hydrogen-bond acceptors (Lipinski definition) is 4. The molecule has 0 bridgehead atoms. The Morgan fingerprint density at radius 1 is 1.31 bits per heavy atom. The zero-order valence-electron chi connectivity index (χ0n) is 7.48. The second-order valence-electron chi connectivity index (χ2n) is 3.22. The van der Waals surface area contributed by atoms with Gasteiger partial charge in [-0.05, 0) is 12.8 Å². The maximum atomic E-state index is 8.90. The van der Waals surface area contributed by atoms with Gasteiger partial charge < -0.3 is 10.0 Å². The SMILES string of the molecule is OCc1cc(N2CCCC2)ncn1. The van der Waals surface area contributed by atoms with Gasteiger partial charge in [-0.3, -0.25) is 0 Å². The zero-order chi connectivity index (χ0) is 9.10. The molecular formula is C9H13N3O. The fourth-order valence-electron chi connectivity index (χ4n) is 1.59. The molecule has 0 spiro atoms. The van der Waals surface area contributed by atoms with Gasteiger partial charge in [0.1, 0.15) is 12.1 Å². The molecule has 13 heavy (non-hydrogen) atoms. The van der Waals surface area contributed by atoms with E-state index in [0.29, 0.717) is 5.69 Å². The first-order chi connectivity index (χ1) is 6.40. The molecule has 1 aromatic rings. The Hall–Kier alpha value is -1.16. The summed E-state index contributed by atoms with van der Waals surface area (Å²) in [4.78, 5) is 10.3.